The number of rotatable bonds is 4. The fourth-order valence-corrected chi connectivity index (χ4v) is 3.19. The van der Waals surface area contributed by atoms with Crippen molar-refractivity contribution in [1.29, 1.82) is 0 Å². The van der Waals surface area contributed by atoms with E-state index in [0.717, 1.165) is 12.8 Å². The van der Waals surface area contributed by atoms with Gasteiger partial charge in [0.25, 0.3) is 0 Å². The summed E-state index contributed by atoms with van der Waals surface area (Å²) in [6.45, 7) is 7.70. The van der Waals surface area contributed by atoms with E-state index >= 15 is 0 Å². The first-order valence-corrected chi connectivity index (χ1v) is 7.07. The van der Waals surface area contributed by atoms with Crippen molar-refractivity contribution in [3.05, 3.63) is 0 Å². The second kappa shape index (κ2) is 5.29. The molecule has 1 saturated heterocycles. The van der Waals surface area contributed by atoms with Crippen LogP contribution in [0, 0.1) is 5.41 Å². The third kappa shape index (κ3) is 2.76. The molecule has 1 aliphatic rings. The van der Waals surface area contributed by atoms with Crippen molar-refractivity contribution in [1.82, 2.24) is 4.90 Å². The number of thioether (sulfide) groups is 1. The summed E-state index contributed by atoms with van der Waals surface area (Å²) in [7, 11) is 0. The van der Waals surface area contributed by atoms with Gasteiger partial charge in [0.1, 0.15) is 6.04 Å². The number of hydrogen-bond donors (Lipinski definition) is 1. The predicted molar refractivity (Wildman–Crippen MR) is 68.9 cm³/mol. The van der Waals surface area contributed by atoms with Gasteiger partial charge >= 0.3 is 5.97 Å². The minimum absolute atomic E-state index is 0.00873. The Kier molecular flexibility index (Phi) is 4.47. The van der Waals surface area contributed by atoms with Gasteiger partial charge in [-0.1, -0.05) is 27.7 Å². The predicted octanol–water partition coefficient (Wildman–Crippen LogP) is 2.19. The zero-order chi connectivity index (χ0) is 13.2. The van der Waals surface area contributed by atoms with Crippen LogP contribution in [0.25, 0.3) is 0 Å². The van der Waals surface area contributed by atoms with Crippen molar-refractivity contribution in [2.45, 2.75) is 52.0 Å². The molecule has 1 fully saturated rings. The highest BCUT2D eigenvalue weighted by Gasteiger charge is 2.44. The molecule has 1 amide bonds. The van der Waals surface area contributed by atoms with Gasteiger partial charge in [0, 0.05) is 11.2 Å². The maximum atomic E-state index is 12.4. The van der Waals surface area contributed by atoms with E-state index in [1.54, 1.807) is 16.7 Å². The number of carboxylic acid groups (broad SMARTS) is 1. The lowest BCUT2D eigenvalue weighted by Crippen LogP contribution is -2.50. The van der Waals surface area contributed by atoms with E-state index in [4.69, 9.17) is 0 Å². The number of carboxylic acids is 1. The van der Waals surface area contributed by atoms with Gasteiger partial charge in [0.05, 0.1) is 5.37 Å². The molecule has 1 rings (SSSR count). The maximum absolute atomic E-state index is 12.4. The van der Waals surface area contributed by atoms with Gasteiger partial charge in [-0.05, 0) is 12.8 Å². The van der Waals surface area contributed by atoms with Crippen LogP contribution in [0.3, 0.4) is 0 Å². The van der Waals surface area contributed by atoms with Crippen molar-refractivity contribution in [3.63, 3.8) is 0 Å². The summed E-state index contributed by atoms with van der Waals surface area (Å²) >= 11 is 1.57. The Morgan fingerprint density at radius 3 is 2.41 bits per heavy atom. The van der Waals surface area contributed by atoms with Crippen LogP contribution in [0.1, 0.15) is 40.5 Å². The summed E-state index contributed by atoms with van der Waals surface area (Å²) in [4.78, 5) is 25.2. The third-order valence-electron chi connectivity index (χ3n) is 3.42. The van der Waals surface area contributed by atoms with Crippen molar-refractivity contribution < 1.29 is 14.7 Å². The molecule has 0 radical (unpaired) electrons. The lowest BCUT2D eigenvalue weighted by Gasteiger charge is -2.34. The molecular formula is C12H21NO3S. The Morgan fingerprint density at radius 2 is 2.00 bits per heavy atom. The monoisotopic (exact) mass is 259 g/mol. The van der Waals surface area contributed by atoms with Crippen LogP contribution in [-0.2, 0) is 9.59 Å². The topological polar surface area (TPSA) is 57.6 Å². The molecule has 1 aliphatic heterocycles. The Morgan fingerprint density at radius 1 is 1.41 bits per heavy atom. The Balaban J connectivity index is 2.97. The fourth-order valence-electron chi connectivity index (χ4n) is 1.84. The lowest BCUT2D eigenvalue weighted by molar-refractivity contribution is -0.153. The van der Waals surface area contributed by atoms with Crippen LogP contribution in [-0.4, -0.2) is 39.1 Å². The minimum Gasteiger partial charge on any atom is -0.480 e. The smallest absolute Gasteiger partial charge is 0.327 e. The van der Waals surface area contributed by atoms with Gasteiger partial charge < -0.3 is 10.0 Å². The van der Waals surface area contributed by atoms with Crippen LogP contribution < -0.4 is 0 Å². The SMILES string of the molecule is CCC1SCC(C(=O)O)N1C(=O)C(C)(C)CC. The highest BCUT2D eigenvalue weighted by molar-refractivity contribution is 8.00. The molecule has 5 heteroatoms. The normalized spacial score (nSPS) is 25.1. The fraction of sp³-hybridized carbons (Fsp3) is 0.833. The number of hydrogen-bond acceptors (Lipinski definition) is 3. The average molecular weight is 259 g/mol. The van der Waals surface area contributed by atoms with E-state index in [9.17, 15) is 14.7 Å². The van der Waals surface area contributed by atoms with E-state index in [1.807, 2.05) is 27.7 Å². The van der Waals surface area contributed by atoms with Crippen LogP contribution in [0.15, 0.2) is 0 Å². The lowest BCUT2D eigenvalue weighted by atomic mass is 9.88. The van der Waals surface area contributed by atoms with Crippen molar-refractivity contribution >= 4 is 23.6 Å². The van der Waals surface area contributed by atoms with Gasteiger partial charge in [-0.3, -0.25) is 4.79 Å². The summed E-state index contributed by atoms with van der Waals surface area (Å²) in [6.07, 6.45) is 1.51. The molecule has 0 spiro atoms. The second-order valence-corrected chi connectivity index (χ2v) is 6.21. The van der Waals surface area contributed by atoms with Gasteiger partial charge in [-0.25, -0.2) is 4.79 Å². The third-order valence-corrected chi connectivity index (χ3v) is 4.88. The molecule has 0 bridgehead atoms. The molecule has 1 N–H and O–H groups in total. The molecule has 2 unspecified atom stereocenters. The molecule has 0 aromatic carbocycles. The summed E-state index contributed by atoms with van der Waals surface area (Å²) in [5, 5.41) is 9.19. The molecule has 17 heavy (non-hydrogen) atoms. The summed E-state index contributed by atoms with van der Waals surface area (Å²) in [5.41, 5.74) is -0.480. The molecule has 98 valence electrons. The zero-order valence-electron chi connectivity index (χ0n) is 10.9. The number of aliphatic carboxylic acids is 1. The molecule has 2 atom stereocenters. The summed E-state index contributed by atoms with van der Waals surface area (Å²) in [6, 6.07) is -0.664. The number of carbonyl (C=O) groups is 2. The van der Waals surface area contributed by atoms with E-state index < -0.39 is 17.4 Å². The molecule has 0 aromatic rings. The first-order valence-electron chi connectivity index (χ1n) is 6.02. The summed E-state index contributed by atoms with van der Waals surface area (Å²) < 4.78 is 0. The Bertz CT molecular complexity index is 317. The van der Waals surface area contributed by atoms with Gasteiger partial charge in [-0.2, -0.15) is 0 Å². The van der Waals surface area contributed by atoms with Crippen LogP contribution >= 0.6 is 11.8 Å². The van der Waals surface area contributed by atoms with E-state index in [-0.39, 0.29) is 11.3 Å². The van der Waals surface area contributed by atoms with Gasteiger partial charge in [0.2, 0.25) is 5.91 Å². The standard InChI is InChI=1S/C12H21NO3S/c1-5-9-13(8(7-17-9)10(14)15)11(16)12(3,4)6-2/h8-9H,5-7H2,1-4H3,(H,14,15). The van der Waals surface area contributed by atoms with E-state index in [0.29, 0.717) is 5.75 Å². The van der Waals surface area contributed by atoms with E-state index in [1.165, 1.54) is 0 Å². The van der Waals surface area contributed by atoms with Crippen LogP contribution in [0.2, 0.25) is 0 Å². The average Bonchev–Trinajstić information content (AvgIpc) is 2.71. The highest BCUT2D eigenvalue weighted by atomic mass is 32.2. The second-order valence-electron chi connectivity index (χ2n) is 5.00. The molecule has 1 heterocycles. The zero-order valence-corrected chi connectivity index (χ0v) is 11.7. The molecule has 0 aromatic heterocycles. The Labute approximate surface area is 107 Å². The molecule has 0 saturated carbocycles. The highest BCUT2D eigenvalue weighted by Crippen LogP contribution is 2.36. The molecular weight excluding hydrogens is 238 g/mol. The van der Waals surface area contributed by atoms with Gasteiger partial charge in [-0.15, -0.1) is 11.8 Å². The van der Waals surface area contributed by atoms with Crippen molar-refractivity contribution in [3.8, 4) is 0 Å². The summed E-state index contributed by atoms with van der Waals surface area (Å²) in [5.74, 6) is -0.433. The number of nitrogens with zero attached hydrogens (tertiary/aromatic N) is 1. The number of carbonyl (C=O) groups excluding carboxylic acids is 1. The minimum atomic E-state index is -0.895. The van der Waals surface area contributed by atoms with Crippen molar-refractivity contribution in [2.24, 2.45) is 5.41 Å². The first kappa shape index (κ1) is 14.4. The van der Waals surface area contributed by atoms with E-state index in [2.05, 4.69) is 0 Å². The van der Waals surface area contributed by atoms with Gasteiger partial charge in [0.15, 0.2) is 0 Å². The van der Waals surface area contributed by atoms with Crippen LogP contribution in [0.5, 0.6) is 0 Å². The van der Waals surface area contributed by atoms with Crippen molar-refractivity contribution in [2.75, 3.05) is 5.75 Å². The molecule has 0 aliphatic carbocycles. The van der Waals surface area contributed by atoms with Crippen LogP contribution in [0.4, 0.5) is 0 Å². The maximum Gasteiger partial charge on any atom is 0.327 e. The molecule has 4 nitrogen and oxygen atoms in total. The Hall–Kier alpha value is -0.710. The first-order chi connectivity index (χ1) is 7.85. The number of amides is 1. The largest absolute Gasteiger partial charge is 0.480 e. The quantitative estimate of drug-likeness (QED) is 0.840.